The van der Waals surface area contributed by atoms with Gasteiger partial charge in [-0.3, -0.25) is 4.79 Å². The van der Waals surface area contributed by atoms with Gasteiger partial charge in [-0.05, 0) is 19.1 Å². The van der Waals surface area contributed by atoms with Gasteiger partial charge in [-0.15, -0.1) is 0 Å². The second kappa shape index (κ2) is 7.93. The zero-order valence-electron chi connectivity index (χ0n) is 11.9. The molecule has 0 bridgehead atoms. The number of carbonyl (C=O) groups excluding carboxylic acids is 2. The van der Waals surface area contributed by atoms with E-state index in [1.807, 2.05) is 0 Å². The molecule has 0 radical (unpaired) electrons. The van der Waals surface area contributed by atoms with Crippen molar-refractivity contribution in [2.24, 2.45) is 0 Å². The molecule has 1 aromatic rings. The minimum atomic E-state index is -1.34. The number of nitrogens with zero attached hydrogens (tertiary/aromatic N) is 1. The first-order valence-electron chi connectivity index (χ1n) is 6.35. The topological polar surface area (TPSA) is 109 Å². The second-order valence-electron chi connectivity index (χ2n) is 4.21. The van der Waals surface area contributed by atoms with Crippen LogP contribution in [0, 0.1) is 0 Å². The van der Waals surface area contributed by atoms with Crippen LogP contribution in [0.5, 0.6) is 0 Å². The first kappa shape index (κ1) is 16.5. The number of esters is 1. The molecule has 0 unspecified atom stereocenters. The van der Waals surface area contributed by atoms with Crippen LogP contribution in [0.1, 0.15) is 19.1 Å². The first-order chi connectivity index (χ1) is 9.97. The van der Waals surface area contributed by atoms with E-state index in [2.05, 4.69) is 10.1 Å². The first-order valence-corrected chi connectivity index (χ1v) is 6.35. The third kappa shape index (κ3) is 5.17. The van der Waals surface area contributed by atoms with E-state index in [1.165, 1.54) is 11.2 Å². The van der Waals surface area contributed by atoms with Crippen molar-refractivity contribution in [2.45, 2.75) is 25.9 Å². The van der Waals surface area contributed by atoms with E-state index >= 15 is 0 Å². The van der Waals surface area contributed by atoms with E-state index in [9.17, 15) is 14.4 Å². The van der Waals surface area contributed by atoms with Crippen molar-refractivity contribution < 1.29 is 28.6 Å². The molecular formula is C13H18N2O6. The predicted molar refractivity (Wildman–Crippen MR) is 71.4 cm³/mol. The number of carboxylic acids is 1. The highest BCUT2D eigenvalue weighted by molar-refractivity contribution is 5.86. The minimum Gasteiger partial charge on any atom is -0.480 e. The predicted octanol–water partition coefficient (Wildman–Crippen LogP) is 0.827. The van der Waals surface area contributed by atoms with Gasteiger partial charge in [0.25, 0.3) is 0 Å². The summed E-state index contributed by atoms with van der Waals surface area (Å²) in [5.74, 6) is -1.44. The van der Waals surface area contributed by atoms with Crippen LogP contribution in [-0.4, -0.2) is 47.7 Å². The molecule has 1 atom stereocenters. The fourth-order valence-corrected chi connectivity index (χ4v) is 1.61. The highest BCUT2D eigenvalue weighted by Crippen LogP contribution is 2.06. The highest BCUT2D eigenvalue weighted by Gasteiger charge is 2.26. The summed E-state index contributed by atoms with van der Waals surface area (Å²) < 4.78 is 9.54. The van der Waals surface area contributed by atoms with E-state index in [0.717, 1.165) is 7.11 Å². The molecule has 0 fully saturated rings. The summed E-state index contributed by atoms with van der Waals surface area (Å²) in [6.07, 6.45) is 1.05. The van der Waals surface area contributed by atoms with Gasteiger partial charge in [-0.2, -0.15) is 0 Å². The Bertz CT molecular complexity index is 485. The molecule has 2 N–H and O–H groups in total. The smallest absolute Gasteiger partial charge is 0.326 e. The number of ether oxygens (including phenoxy) is 1. The Morgan fingerprint density at radius 1 is 1.48 bits per heavy atom. The Morgan fingerprint density at radius 2 is 2.19 bits per heavy atom. The van der Waals surface area contributed by atoms with Crippen molar-refractivity contribution >= 4 is 18.0 Å². The molecule has 0 aliphatic heterocycles. The normalized spacial score (nSPS) is 11.5. The monoisotopic (exact) mass is 298 g/mol. The Morgan fingerprint density at radius 3 is 2.67 bits per heavy atom. The van der Waals surface area contributed by atoms with E-state index < -0.39 is 30.4 Å². The molecule has 8 heteroatoms. The lowest BCUT2D eigenvalue weighted by Crippen LogP contribution is -2.48. The highest BCUT2D eigenvalue weighted by atomic mass is 16.5. The van der Waals surface area contributed by atoms with Crippen molar-refractivity contribution in [1.29, 1.82) is 0 Å². The van der Waals surface area contributed by atoms with Gasteiger partial charge in [0.05, 0.1) is 26.3 Å². The largest absolute Gasteiger partial charge is 0.480 e. The standard InChI is InChI=1S/C13H18N2O6/c1-3-15(8-9-5-4-6-21-9)13(19)14-10(12(17)18)7-11(16)20-2/h4-6,10H,3,7-8H2,1-2H3,(H,14,19)(H,17,18)/t10-/m0/s1. The summed E-state index contributed by atoms with van der Waals surface area (Å²) in [4.78, 5) is 35.6. The maximum absolute atomic E-state index is 12.0. The molecule has 21 heavy (non-hydrogen) atoms. The van der Waals surface area contributed by atoms with E-state index in [4.69, 9.17) is 9.52 Å². The Balaban J connectivity index is 2.65. The zero-order chi connectivity index (χ0) is 15.8. The van der Waals surface area contributed by atoms with Crippen molar-refractivity contribution in [3.8, 4) is 0 Å². The summed E-state index contributed by atoms with van der Waals surface area (Å²) in [5, 5.41) is 11.3. The number of furan rings is 1. The number of urea groups is 1. The lowest BCUT2D eigenvalue weighted by molar-refractivity contribution is -0.147. The Kier molecular flexibility index (Phi) is 6.25. The zero-order valence-corrected chi connectivity index (χ0v) is 11.9. The SMILES string of the molecule is CCN(Cc1ccco1)C(=O)N[C@@H](CC(=O)OC)C(=O)O. The number of amides is 2. The van der Waals surface area contributed by atoms with Crippen LogP contribution in [0.2, 0.25) is 0 Å². The van der Waals surface area contributed by atoms with Crippen LogP contribution in [0.4, 0.5) is 4.79 Å². The van der Waals surface area contributed by atoms with Gasteiger partial charge < -0.3 is 24.5 Å². The van der Waals surface area contributed by atoms with Crippen molar-refractivity contribution in [3.05, 3.63) is 24.2 Å². The fraction of sp³-hybridized carbons (Fsp3) is 0.462. The van der Waals surface area contributed by atoms with Crippen LogP contribution in [0.15, 0.2) is 22.8 Å². The van der Waals surface area contributed by atoms with Gasteiger partial charge in [0, 0.05) is 6.54 Å². The van der Waals surface area contributed by atoms with Crippen molar-refractivity contribution in [2.75, 3.05) is 13.7 Å². The molecular weight excluding hydrogens is 280 g/mol. The molecule has 0 aliphatic carbocycles. The molecule has 0 saturated heterocycles. The van der Waals surface area contributed by atoms with E-state index in [1.54, 1.807) is 19.1 Å². The van der Waals surface area contributed by atoms with Gasteiger partial charge >= 0.3 is 18.0 Å². The van der Waals surface area contributed by atoms with Crippen molar-refractivity contribution in [3.63, 3.8) is 0 Å². The Hall–Kier alpha value is -2.51. The summed E-state index contributed by atoms with van der Waals surface area (Å²) in [6.45, 7) is 2.32. The third-order valence-corrected chi connectivity index (χ3v) is 2.79. The number of hydrogen-bond acceptors (Lipinski definition) is 5. The number of carbonyl (C=O) groups is 3. The summed E-state index contributed by atoms with van der Waals surface area (Å²) in [7, 11) is 1.15. The number of carboxylic acid groups (broad SMARTS) is 1. The summed E-state index contributed by atoms with van der Waals surface area (Å²) in [5.41, 5.74) is 0. The molecule has 8 nitrogen and oxygen atoms in total. The third-order valence-electron chi connectivity index (χ3n) is 2.79. The Labute approximate surface area is 121 Å². The number of methoxy groups -OCH3 is 1. The average molecular weight is 298 g/mol. The fourth-order valence-electron chi connectivity index (χ4n) is 1.61. The second-order valence-corrected chi connectivity index (χ2v) is 4.21. The quantitative estimate of drug-likeness (QED) is 0.721. The van der Waals surface area contributed by atoms with E-state index in [-0.39, 0.29) is 6.54 Å². The van der Waals surface area contributed by atoms with E-state index in [0.29, 0.717) is 12.3 Å². The molecule has 0 spiro atoms. The number of nitrogens with one attached hydrogen (secondary N) is 1. The molecule has 0 aromatic carbocycles. The average Bonchev–Trinajstić information content (AvgIpc) is 2.96. The van der Waals surface area contributed by atoms with Crippen LogP contribution in [-0.2, 0) is 20.9 Å². The molecule has 0 saturated carbocycles. The van der Waals surface area contributed by atoms with Crippen LogP contribution in [0.3, 0.4) is 0 Å². The van der Waals surface area contributed by atoms with Crippen LogP contribution >= 0.6 is 0 Å². The lowest BCUT2D eigenvalue weighted by atomic mass is 10.2. The molecule has 1 rings (SSSR count). The van der Waals surface area contributed by atoms with Crippen LogP contribution < -0.4 is 5.32 Å². The molecule has 2 amide bonds. The maximum Gasteiger partial charge on any atom is 0.326 e. The van der Waals surface area contributed by atoms with Gasteiger partial charge in [-0.25, -0.2) is 9.59 Å². The minimum absolute atomic E-state index is 0.208. The lowest BCUT2D eigenvalue weighted by Gasteiger charge is -2.22. The molecule has 116 valence electrons. The molecule has 0 aliphatic rings. The number of rotatable bonds is 7. The summed E-state index contributed by atoms with van der Waals surface area (Å²) >= 11 is 0. The number of aliphatic carboxylic acids is 1. The van der Waals surface area contributed by atoms with Gasteiger partial charge in [0.1, 0.15) is 11.8 Å². The maximum atomic E-state index is 12.0. The summed E-state index contributed by atoms with van der Waals surface area (Å²) in [6, 6.07) is 1.47. The van der Waals surface area contributed by atoms with Gasteiger partial charge in [0.15, 0.2) is 0 Å². The van der Waals surface area contributed by atoms with Gasteiger partial charge in [0.2, 0.25) is 0 Å². The number of hydrogen-bond donors (Lipinski definition) is 2. The molecule has 1 aromatic heterocycles. The molecule has 1 heterocycles. The van der Waals surface area contributed by atoms with Gasteiger partial charge in [-0.1, -0.05) is 0 Å². The van der Waals surface area contributed by atoms with Crippen molar-refractivity contribution in [1.82, 2.24) is 10.2 Å². The van der Waals surface area contributed by atoms with Crippen LogP contribution in [0.25, 0.3) is 0 Å².